The van der Waals surface area contributed by atoms with E-state index < -0.39 is 5.97 Å². The van der Waals surface area contributed by atoms with Crippen molar-refractivity contribution in [3.63, 3.8) is 0 Å². The van der Waals surface area contributed by atoms with Crippen molar-refractivity contribution >= 4 is 11.5 Å². The van der Waals surface area contributed by atoms with E-state index in [1.807, 2.05) is 12.1 Å². The quantitative estimate of drug-likeness (QED) is 0.268. The number of aromatic carboxylic acids is 1. The Morgan fingerprint density at radius 2 is 1.72 bits per heavy atom. The summed E-state index contributed by atoms with van der Waals surface area (Å²) in [5, 5.41) is 13.9. The molecule has 1 aromatic rings. The van der Waals surface area contributed by atoms with Crippen molar-refractivity contribution in [3.8, 4) is 0 Å². The molecule has 5 aliphatic carbocycles. The fraction of sp³-hybridized carbons (Fsp3) is 0.711. The number of fused-ring (bicyclic) bond motifs is 9. The predicted molar refractivity (Wildman–Crippen MR) is 203 cm³/mol. The summed E-state index contributed by atoms with van der Waals surface area (Å²) in [4.78, 5) is 14.3. The number of morpholine rings is 1. The van der Waals surface area contributed by atoms with Crippen molar-refractivity contribution in [2.24, 2.45) is 51.2 Å². The maximum Gasteiger partial charge on any atom is 0.335 e. The van der Waals surface area contributed by atoms with Crippen molar-refractivity contribution in [2.75, 3.05) is 26.2 Å². The van der Waals surface area contributed by atoms with Gasteiger partial charge in [0.15, 0.2) is 0 Å². The van der Waals surface area contributed by atoms with E-state index in [1.54, 1.807) is 12.1 Å². The maximum absolute atomic E-state index is 11.6. The average molecular weight is 681 g/mol. The topological polar surface area (TPSA) is 61.8 Å². The first-order chi connectivity index (χ1) is 23.6. The molecular formula is C45H64N2O3. The SMILES string of the molecule is C=C(C)C(=C)[C@@H]1CC[C@]2(NCCN3C[C@@H]4CC3CO4)CC[C@]3(C)[C@@H](CCC4[C@@]5(C)CC=C(c6ccc(C(=O)O)cc6)C(C)(C)C5CC[C@]43C)C12. The second-order valence-corrected chi connectivity index (χ2v) is 19.5. The van der Waals surface area contributed by atoms with Crippen LogP contribution in [0.1, 0.15) is 122 Å². The van der Waals surface area contributed by atoms with Crippen LogP contribution in [0, 0.1) is 51.2 Å². The molecule has 11 atom stereocenters. The Morgan fingerprint density at radius 1 is 0.960 bits per heavy atom. The summed E-state index contributed by atoms with van der Waals surface area (Å²) in [6.07, 6.45) is 15.7. The smallest absolute Gasteiger partial charge is 0.335 e. The lowest BCUT2D eigenvalue weighted by atomic mass is 9.33. The molecule has 50 heavy (non-hydrogen) atoms. The number of carbonyl (C=O) groups is 1. The summed E-state index contributed by atoms with van der Waals surface area (Å²) >= 11 is 0. The number of rotatable bonds is 8. The standard InChI is InChI=1S/C45H64N2O3/c1-28(2)29(3)34-15-20-45(46-23-24-47-26-33-25-32(47)27-50-33)22-21-43(7)36(39(34)45)13-14-38-42(6)18-16-35(30-9-11-31(12-10-30)40(48)49)41(4,5)37(42)17-19-44(38,43)8/h9-12,16,32-34,36-39,46H,1,3,13-15,17-27H2,2,4-8H3,(H,48,49)/t32?,33-,34-,36-,37?,38?,39?,42-,43+,44+,45-/m0/s1. The van der Waals surface area contributed by atoms with E-state index in [4.69, 9.17) is 11.3 Å². The highest BCUT2D eigenvalue weighted by Crippen LogP contribution is 2.76. The van der Waals surface area contributed by atoms with Crippen LogP contribution in [0.3, 0.4) is 0 Å². The number of hydrogen-bond acceptors (Lipinski definition) is 4. The highest BCUT2D eigenvalue weighted by molar-refractivity contribution is 5.88. The van der Waals surface area contributed by atoms with E-state index in [9.17, 15) is 9.90 Å². The third-order valence-corrected chi connectivity index (χ3v) is 17.3. The van der Waals surface area contributed by atoms with Gasteiger partial charge in [-0.2, -0.15) is 0 Å². The maximum atomic E-state index is 11.6. The highest BCUT2D eigenvalue weighted by Gasteiger charge is 2.70. The molecule has 0 spiro atoms. The predicted octanol–water partition coefficient (Wildman–Crippen LogP) is 9.41. The van der Waals surface area contributed by atoms with Gasteiger partial charge in [-0.3, -0.25) is 4.90 Å². The minimum atomic E-state index is -0.857. The Balaban J connectivity index is 1.08. The van der Waals surface area contributed by atoms with Gasteiger partial charge in [-0.1, -0.05) is 71.6 Å². The lowest BCUT2D eigenvalue weighted by Gasteiger charge is -2.72. The van der Waals surface area contributed by atoms with Crippen LogP contribution in [-0.4, -0.2) is 59.9 Å². The van der Waals surface area contributed by atoms with Gasteiger partial charge in [-0.25, -0.2) is 4.79 Å². The van der Waals surface area contributed by atoms with Crippen molar-refractivity contribution < 1.29 is 14.6 Å². The third kappa shape index (κ3) is 4.91. The molecule has 2 heterocycles. The van der Waals surface area contributed by atoms with Gasteiger partial charge in [0.1, 0.15) is 0 Å². The molecule has 7 aliphatic rings. The summed E-state index contributed by atoms with van der Waals surface area (Å²) < 4.78 is 5.92. The van der Waals surface area contributed by atoms with Crippen molar-refractivity contribution in [2.45, 2.75) is 123 Å². The second kappa shape index (κ2) is 11.9. The highest BCUT2D eigenvalue weighted by atomic mass is 16.5. The van der Waals surface area contributed by atoms with Crippen LogP contribution in [0.25, 0.3) is 5.57 Å². The number of allylic oxidation sites excluding steroid dienone is 4. The molecule has 0 radical (unpaired) electrons. The second-order valence-electron chi connectivity index (χ2n) is 19.5. The Labute approximate surface area is 302 Å². The molecule has 5 heteroatoms. The number of nitrogens with zero attached hydrogens (tertiary/aromatic N) is 1. The normalized spacial score (nSPS) is 44.4. The number of carboxylic acids is 1. The number of nitrogens with one attached hydrogen (secondary N) is 1. The molecule has 4 saturated carbocycles. The Kier molecular flexibility index (Phi) is 8.30. The first kappa shape index (κ1) is 34.9. The molecule has 2 saturated heterocycles. The Hall–Kier alpha value is -2.21. The molecule has 0 amide bonds. The molecule has 0 aromatic heterocycles. The van der Waals surface area contributed by atoms with Gasteiger partial charge in [0.05, 0.1) is 18.3 Å². The van der Waals surface area contributed by atoms with Gasteiger partial charge >= 0.3 is 5.97 Å². The van der Waals surface area contributed by atoms with Crippen LogP contribution in [-0.2, 0) is 4.74 Å². The zero-order chi connectivity index (χ0) is 35.4. The molecule has 2 N–H and O–H groups in total. The van der Waals surface area contributed by atoms with Crippen LogP contribution in [0.4, 0.5) is 0 Å². The molecule has 5 nitrogen and oxygen atoms in total. The van der Waals surface area contributed by atoms with Crippen LogP contribution in [0.15, 0.2) is 54.6 Å². The van der Waals surface area contributed by atoms with E-state index in [-0.39, 0.29) is 16.4 Å². The van der Waals surface area contributed by atoms with Gasteiger partial charge in [-0.15, -0.1) is 0 Å². The van der Waals surface area contributed by atoms with E-state index in [1.165, 1.54) is 80.1 Å². The number of hydrogen-bond donors (Lipinski definition) is 2. The summed E-state index contributed by atoms with van der Waals surface area (Å²) in [6.45, 7) is 28.7. The van der Waals surface area contributed by atoms with Crippen molar-refractivity contribution in [1.29, 1.82) is 0 Å². The minimum Gasteiger partial charge on any atom is -0.478 e. The first-order valence-corrected chi connectivity index (χ1v) is 20.1. The van der Waals surface area contributed by atoms with Crippen LogP contribution >= 0.6 is 0 Å². The van der Waals surface area contributed by atoms with E-state index in [0.717, 1.165) is 32.7 Å². The molecule has 1 aromatic carbocycles. The number of carboxylic acid groups (broad SMARTS) is 1. The molecular weight excluding hydrogens is 617 g/mol. The molecule has 8 rings (SSSR count). The van der Waals surface area contributed by atoms with Gasteiger partial charge in [-0.05, 0) is 151 Å². The first-order valence-electron chi connectivity index (χ1n) is 20.1. The summed E-state index contributed by atoms with van der Waals surface area (Å²) in [7, 11) is 0. The van der Waals surface area contributed by atoms with E-state index >= 15 is 0 Å². The van der Waals surface area contributed by atoms with E-state index in [2.05, 4.69) is 64.4 Å². The number of ether oxygens (including phenoxy) is 1. The third-order valence-electron chi connectivity index (χ3n) is 17.3. The van der Waals surface area contributed by atoms with Crippen molar-refractivity contribution in [3.05, 3.63) is 65.8 Å². The number of likely N-dealkylation sites (tertiary alicyclic amines) is 1. The molecule has 2 bridgehead atoms. The lowest BCUT2D eigenvalue weighted by Crippen LogP contribution is -2.68. The number of benzene rings is 1. The van der Waals surface area contributed by atoms with Crippen molar-refractivity contribution in [1.82, 2.24) is 10.2 Å². The molecule has 4 unspecified atom stereocenters. The zero-order valence-electron chi connectivity index (χ0n) is 32.0. The van der Waals surface area contributed by atoms with Gasteiger partial charge in [0.2, 0.25) is 0 Å². The average Bonchev–Trinajstić information content (AvgIpc) is 3.80. The van der Waals surface area contributed by atoms with Gasteiger partial charge in [0, 0.05) is 31.2 Å². The van der Waals surface area contributed by atoms with Crippen LogP contribution in [0.2, 0.25) is 0 Å². The largest absolute Gasteiger partial charge is 0.478 e. The summed E-state index contributed by atoms with van der Waals surface area (Å²) in [5.74, 6) is 2.28. The molecule has 6 fully saturated rings. The van der Waals surface area contributed by atoms with Gasteiger partial charge in [0.25, 0.3) is 0 Å². The Morgan fingerprint density at radius 3 is 2.38 bits per heavy atom. The Bertz CT molecular complexity index is 1590. The zero-order valence-corrected chi connectivity index (χ0v) is 32.0. The van der Waals surface area contributed by atoms with Crippen LogP contribution < -0.4 is 5.32 Å². The van der Waals surface area contributed by atoms with E-state index in [0.29, 0.717) is 58.1 Å². The lowest BCUT2D eigenvalue weighted by molar-refractivity contribution is -0.219. The fourth-order valence-corrected chi connectivity index (χ4v) is 14.7. The summed E-state index contributed by atoms with van der Waals surface area (Å²) in [6, 6.07) is 8.28. The van der Waals surface area contributed by atoms with Crippen LogP contribution in [0.5, 0.6) is 0 Å². The minimum absolute atomic E-state index is 0.0270. The monoisotopic (exact) mass is 680 g/mol. The molecule has 2 aliphatic heterocycles. The summed E-state index contributed by atoms with van der Waals surface area (Å²) in [5.41, 5.74) is 6.54. The fourth-order valence-electron chi connectivity index (χ4n) is 14.7. The van der Waals surface area contributed by atoms with Gasteiger partial charge < -0.3 is 15.2 Å². The molecule has 272 valence electrons.